The molecule has 3 heterocycles. The second-order valence-corrected chi connectivity index (χ2v) is 9.06. The summed E-state index contributed by atoms with van der Waals surface area (Å²) in [5, 5.41) is 1.19. The summed E-state index contributed by atoms with van der Waals surface area (Å²) in [7, 11) is 2.15. The van der Waals surface area contributed by atoms with E-state index < -0.39 is 0 Å². The predicted octanol–water partition coefficient (Wildman–Crippen LogP) is 5.22. The van der Waals surface area contributed by atoms with Gasteiger partial charge in [0.25, 0.3) is 0 Å². The topological polar surface area (TPSA) is 28.6 Å². The molecule has 2 aliphatic rings. The Kier molecular flexibility index (Phi) is 6.96. The second-order valence-electron chi connectivity index (χ2n) is 8.25. The van der Waals surface area contributed by atoms with Gasteiger partial charge in [-0.1, -0.05) is 35.7 Å². The average Bonchev–Trinajstić information content (AvgIpc) is 2.73. The molecule has 4 nitrogen and oxygen atoms in total. The minimum absolute atomic E-state index is 0.235. The van der Waals surface area contributed by atoms with Gasteiger partial charge in [-0.05, 0) is 68.2 Å². The third-order valence-corrected chi connectivity index (χ3v) is 6.71. The molecule has 0 bridgehead atoms. The lowest BCUT2D eigenvalue weighted by atomic mass is 9.86. The summed E-state index contributed by atoms with van der Waals surface area (Å²) in [6.07, 6.45) is 7.07. The van der Waals surface area contributed by atoms with Crippen LogP contribution in [0.15, 0.2) is 30.5 Å². The zero-order valence-corrected chi connectivity index (χ0v) is 18.6. The van der Waals surface area contributed by atoms with Crippen molar-refractivity contribution in [1.29, 1.82) is 0 Å². The monoisotopic (exact) mass is 433 g/mol. The van der Waals surface area contributed by atoms with E-state index in [1.165, 1.54) is 49.0 Å². The maximum absolute atomic E-state index is 6.26. The van der Waals surface area contributed by atoms with Crippen molar-refractivity contribution in [2.24, 2.45) is 0 Å². The zero-order valence-electron chi connectivity index (χ0n) is 17.0. The average molecular weight is 434 g/mol. The summed E-state index contributed by atoms with van der Waals surface area (Å²) in [4.78, 5) is 9.48. The van der Waals surface area contributed by atoms with Gasteiger partial charge < -0.3 is 14.5 Å². The van der Waals surface area contributed by atoms with Gasteiger partial charge in [-0.3, -0.25) is 0 Å². The highest BCUT2D eigenvalue weighted by Gasteiger charge is 2.26. The standard InChI is InChI=1S/C23H29Cl2N3O/c1-27-15-18-13-23(29-11-5-10-28-8-3-2-4-9-28)26-14-19(18)20(16-27)17-6-7-21(24)22(25)12-17/h6-7,12-14,20H,2-5,8-11,15-16H2,1H3/t20-/m1/s1. The largest absolute Gasteiger partial charge is 0.478 e. The van der Waals surface area contributed by atoms with E-state index in [0.717, 1.165) is 31.9 Å². The van der Waals surface area contributed by atoms with Gasteiger partial charge in [0.05, 0.1) is 16.7 Å². The molecule has 1 aromatic carbocycles. The molecule has 2 aliphatic heterocycles. The highest BCUT2D eigenvalue weighted by Crippen LogP contribution is 2.36. The van der Waals surface area contributed by atoms with Crippen LogP contribution < -0.4 is 4.74 Å². The third-order valence-electron chi connectivity index (χ3n) is 5.97. The number of hydrogen-bond donors (Lipinski definition) is 0. The lowest BCUT2D eigenvalue weighted by Gasteiger charge is -2.32. The van der Waals surface area contributed by atoms with Crippen molar-refractivity contribution in [3.63, 3.8) is 0 Å². The lowest BCUT2D eigenvalue weighted by Crippen LogP contribution is -2.31. The van der Waals surface area contributed by atoms with E-state index in [2.05, 4.69) is 34.0 Å². The number of rotatable bonds is 6. The predicted molar refractivity (Wildman–Crippen MR) is 119 cm³/mol. The van der Waals surface area contributed by atoms with E-state index in [1.54, 1.807) is 0 Å². The molecule has 0 saturated carbocycles. The Morgan fingerprint density at radius 3 is 2.72 bits per heavy atom. The molecule has 4 rings (SSSR count). The van der Waals surface area contributed by atoms with Gasteiger partial charge in [-0.15, -0.1) is 0 Å². The summed E-state index contributed by atoms with van der Waals surface area (Å²) >= 11 is 12.4. The van der Waals surface area contributed by atoms with Gasteiger partial charge in [0.15, 0.2) is 0 Å². The van der Waals surface area contributed by atoms with Crippen LogP contribution >= 0.6 is 23.2 Å². The number of aromatic nitrogens is 1. The summed E-state index contributed by atoms with van der Waals surface area (Å²) in [5.74, 6) is 0.963. The maximum atomic E-state index is 6.26. The number of likely N-dealkylation sites (tertiary alicyclic amines) is 1. The fourth-order valence-corrected chi connectivity index (χ4v) is 4.75. The zero-order chi connectivity index (χ0) is 20.2. The van der Waals surface area contributed by atoms with Crippen molar-refractivity contribution in [1.82, 2.24) is 14.8 Å². The Bertz CT molecular complexity index is 839. The normalized spacial score (nSPS) is 20.4. The SMILES string of the molecule is CN1Cc2cc(OCCCN3CCCCC3)ncc2[C@@H](c2ccc(Cl)c(Cl)c2)C1. The Labute approximate surface area is 183 Å². The van der Waals surface area contributed by atoms with Crippen LogP contribution in [0.2, 0.25) is 10.0 Å². The number of nitrogens with zero attached hydrogens (tertiary/aromatic N) is 3. The third kappa shape index (κ3) is 5.24. The number of benzene rings is 1. The first kappa shape index (κ1) is 20.9. The van der Waals surface area contributed by atoms with Gasteiger partial charge in [-0.2, -0.15) is 0 Å². The van der Waals surface area contributed by atoms with Crippen LogP contribution in [-0.4, -0.2) is 54.6 Å². The molecule has 0 N–H and O–H groups in total. The van der Waals surface area contributed by atoms with Gasteiger partial charge in [-0.25, -0.2) is 4.98 Å². The maximum Gasteiger partial charge on any atom is 0.213 e. The molecule has 1 atom stereocenters. The first-order chi connectivity index (χ1) is 14.1. The summed E-state index contributed by atoms with van der Waals surface area (Å²) < 4.78 is 5.98. The van der Waals surface area contributed by atoms with Crippen LogP contribution in [0.3, 0.4) is 0 Å². The molecule has 29 heavy (non-hydrogen) atoms. The van der Waals surface area contributed by atoms with Crippen molar-refractivity contribution in [2.75, 3.05) is 39.8 Å². The Hall–Kier alpha value is -1.33. The quantitative estimate of drug-likeness (QED) is 0.583. The van der Waals surface area contributed by atoms with E-state index >= 15 is 0 Å². The minimum Gasteiger partial charge on any atom is -0.478 e. The number of ether oxygens (including phenoxy) is 1. The molecule has 0 radical (unpaired) electrons. The van der Waals surface area contributed by atoms with Crippen molar-refractivity contribution in [3.05, 3.63) is 57.2 Å². The minimum atomic E-state index is 0.235. The second kappa shape index (κ2) is 9.65. The van der Waals surface area contributed by atoms with Crippen molar-refractivity contribution in [3.8, 4) is 5.88 Å². The van der Waals surface area contributed by atoms with Crippen molar-refractivity contribution in [2.45, 2.75) is 38.1 Å². The van der Waals surface area contributed by atoms with Crippen LogP contribution in [-0.2, 0) is 6.54 Å². The number of halogens is 2. The number of pyridine rings is 1. The molecule has 0 amide bonds. The Balaban J connectivity index is 1.41. The van der Waals surface area contributed by atoms with Crippen LogP contribution in [0.25, 0.3) is 0 Å². The van der Waals surface area contributed by atoms with Crippen LogP contribution in [0.5, 0.6) is 5.88 Å². The summed E-state index contributed by atoms with van der Waals surface area (Å²) in [6, 6.07) is 8.02. The Morgan fingerprint density at radius 1 is 1.10 bits per heavy atom. The first-order valence-electron chi connectivity index (χ1n) is 10.6. The smallest absolute Gasteiger partial charge is 0.213 e. The van der Waals surface area contributed by atoms with Gasteiger partial charge in [0.2, 0.25) is 5.88 Å². The van der Waals surface area contributed by atoms with E-state index in [-0.39, 0.29) is 5.92 Å². The van der Waals surface area contributed by atoms with E-state index in [9.17, 15) is 0 Å². The molecule has 1 aromatic heterocycles. The van der Waals surface area contributed by atoms with Crippen LogP contribution in [0.1, 0.15) is 48.3 Å². The van der Waals surface area contributed by atoms with Gasteiger partial charge in [0.1, 0.15) is 0 Å². The van der Waals surface area contributed by atoms with E-state index in [0.29, 0.717) is 16.7 Å². The van der Waals surface area contributed by atoms with Crippen LogP contribution in [0.4, 0.5) is 0 Å². The molecule has 0 unspecified atom stereocenters. The Morgan fingerprint density at radius 2 is 1.93 bits per heavy atom. The van der Waals surface area contributed by atoms with Gasteiger partial charge in [0, 0.05) is 37.8 Å². The molecule has 0 aliphatic carbocycles. The van der Waals surface area contributed by atoms with E-state index in [1.807, 2.05) is 18.3 Å². The molecular formula is C23H29Cl2N3O. The summed E-state index contributed by atoms with van der Waals surface area (Å²) in [5.41, 5.74) is 3.70. The van der Waals surface area contributed by atoms with E-state index in [4.69, 9.17) is 27.9 Å². The molecular weight excluding hydrogens is 405 g/mol. The van der Waals surface area contributed by atoms with Crippen molar-refractivity contribution >= 4 is 23.2 Å². The van der Waals surface area contributed by atoms with Crippen LogP contribution in [0, 0.1) is 0 Å². The molecule has 1 saturated heterocycles. The highest BCUT2D eigenvalue weighted by molar-refractivity contribution is 6.42. The molecule has 0 spiro atoms. The highest BCUT2D eigenvalue weighted by atomic mass is 35.5. The molecule has 1 fully saturated rings. The fourth-order valence-electron chi connectivity index (χ4n) is 4.44. The fraction of sp³-hybridized carbons (Fsp3) is 0.522. The number of fused-ring (bicyclic) bond motifs is 1. The van der Waals surface area contributed by atoms with Crippen molar-refractivity contribution < 1.29 is 4.74 Å². The number of likely N-dealkylation sites (N-methyl/N-ethyl adjacent to an activating group) is 1. The van der Waals surface area contributed by atoms with Gasteiger partial charge >= 0.3 is 0 Å². The number of hydrogen-bond acceptors (Lipinski definition) is 4. The summed E-state index contributed by atoms with van der Waals surface area (Å²) in [6.45, 7) is 6.14. The molecule has 6 heteroatoms. The first-order valence-corrected chi connectivity index (χ1v) is 11.3. The number of piperidine rings is 1. The molecule has 2 aromatic rings. The lowest BCUT2D eigenvalue weighted by molar-refractivity contribution is 0.202. The molecule has 156 valence electrons.